The quantitative estimate of drug-likeness (QED) is 0.753. The lowest BCUT2D eigenvalue weighted by atomic mass is 10.0. The Hall–Kier alpha value is -2.87. The molecule has 8 heteroatoms. The number of alkyl halides is 3. The Morgan fingerprint density at radius 2 is 1.65 bits per heavy atom. The third kappa shape index (κ3) is 5.06. The normalized spacial score (nSPS) is 13.7. The molecule has 26 heavy (non-hydrogen) atoms. The second-order valence-corrected chi connectivity index (χ2v) is 5.92. The Kier molecular flexibility index (Phi) is 5.99. The fraction of sp³-hybridized carbons (Fsp3) is 0.222. The van der Waals surface area contributed by atoms with Gasteiger partial charge in [0.2, 0.25) is 0 Å². The molecule has 3 amide bonds. The van der Waals surface area contributed by atoms with E-state index in [1.54, 1.807) is 37.4 Å². The summed E-state index contributed by atoms with van der Waals surface area (Å²) < 4.78 is 38.0. The van der Waals surface area contributed by atoms with Crippen LogP contribution < -0.4 is 16.0 Å². The smallest absolute Gasteiger partial charge is 0.351 e. The Bertz CT molecular complexity index is 762. The summed E-state index contributed by atoms with van der Waals surface area (Å²) in [5.41, 5.74) is 5.59. The molecule has 0 spiro atoms. The fourth-order valence-corrected chi connectivity index (χ4v) is 2.73. The number of nitrogens with one attached hydrogen (secondary N) is 2. The van der Waals surface area contributed by atoms with Crippen molar-refractivity contribution in [3.63, 3.8) is 0 Å². The molecule has 0 saturated heterocycles. The van der Waals surface area contributed by atoms with E-state index in [4.69, 9.17) is 5.73 Å². The summed E-state index contributed by atoms with van der Waals surface area (Å²) >= 11 is 0. The number of benzene rings is 2. The lowest BCUT2D eigenvalue weighted by Crippen LogP contribution is -3.09. The van der Waals surface area contributed by atoms with Gasteiger partial charge >= 0.3 is 12.2 Å². The second-order valence-electron chi connectivity index (χ2n) is 5.92. The highest BCUT2D eigenvalue weighted by atomic mass is 19.4. The van der Waals surface area contributed by atoms with Gasteiger partial charge in [-0.25, -0.2) is 4.79 Å². The summed E-state index contributed by atoms with van der Waals surface area (Å²) in [7, 11) is 1.72. The number of urea groups is 1. The highest BCUT2D eigenvalue weighted by Gasteiger charge is 2.31. The molecule has 0 aliphatic rings. The minimum Gasteiger partial charge on any atom is -0.351 e. The van der Waals surface area contributed by atoms with Gasteiger partial charge in [0, 0.05) is 11.1 Å². The van der Waals surface area contributed by atoms with E-state index in [-0.39, 0.29) is 6.54 Å². The zero-order chi connectivity index (χ0) is 19.3. The molecule has 2 atom stereocenters. The van der Waals surface area contributed by atoms with Crippen LogP contribution in [0, 0.1) is 0 Å². The van der Waals surface area contributed by atoms with Crippen molar-refractivity contribution < 1.29 is 27.7 Å². The number of halogens is 3. The highest BCUT2D eigenvalue weighted by Crippen LogP contribution is 2.29. The van der Waals surface area contributed by atoms with Crippen molar-refractivity contribution in [3.05, 3.63) is 71.3 Å². The average molecular weight is 366 g/mol. The molecule has 0 bridgehead atoms. The molecule has 0 radical (unpaired) electrons. The van der Waals surface area contributed by atoms with Gasteiger partial charge in [-0.1, -0.05) is 42.5 Å². The lowest BCUT2D eigenvalue weighted by Gasteiger charge is -2.24. The maximum absolute atomic E-state index is 12.7. The SMILES string of the molecule is C[NH+](Cc1ccc(C(F)(F)F)cc1)[C@H](C(=O)NC(N)=O)c1ccccc1. The molecule has 0 aromatic heterocycles. The van der Waals surface area contributed by atoms with Crippen LogP contribution in [0.25, 0.3) is 0 Å². The van der Waals surface area contributed by atoms with Gasteiger partial charge < -0.3 is 10.6 Å². The van der Waals surface area contributed by atoms with E-state index in [0.717, 1.165) is 12.1 Å². The fourth-order valence-electron chi connectivity index (χ4n) is 2.73. The summed E-state index contributed by atoms with van der Waals surface area (Å²) in [6, 6.07) is 11.8. The van der Waals surface area contributed by atoms with Gasteiger partial charge in [0.25, 0.3) is 5.91 Å². The number of primary amides is 1. The van der Waals surface area contributed by atoms with Gasteiger partial charge in [-0.05, 0) is 12.1 Å². The van der Waals surface area contributed by atoms with E-state index in [1.807, 2.05) is 0 Å². The molecular formula is C18H19F3N3O2+. The second kappa shape index (κ2) is 8.01. The zero-order valence-corrected chi connectivity index (χ0v) is 14.0. The minimum absolute atomic E-state index is 0.282. The van der Waals surface area contributed by atoms with Crippen molar-refractivity contribution in [2.45, 2.75) is 18.8 Å². The van der Waals surface area contributed by atoms with Crippen LogP contribution in [0.5, 0.6) is 0 Å². The van der Waals surface area contributed by atoms with Gasteiger partial charge in [-0.15, -0.1) is 0 Å². The standard InChI is InChI=1S/C18H18F3N3O2/c1-24(11-12-7-9-14(10-8-12)18(19,20)21)15(16(25)23-17(22)26)13-5-3-2-4-6-13/h2-10,15H,11H2,1H3,(H3,22,23,25,26)/p+1/t15-/m0/s1. The number of carbonyl (C=O) groups excluding carboxylic acids is 2. The topological polar surface area (TPSA) is 76.6 Å². The van der Waals surface area contributed by atoms with E-state index >= 15 is 0 Å². The molecule has 0 aliphatic carbocycles. The third-order valence-electron chi connectivity index (χ3n) is 3.90. The Balaban J connectivity index is 2.22. The first-order valence-corrected chi connectivity index (χ1v) is 7.82. The van der Waals surface area contributed by atoms with Crippen LogP contribution in [-0.2, 0) is 17.5 Å². The number of nitrogens with two attached hydrogens (primary N) is 1. The number of imide groups is 1. The van der Waals surface area contributed by atoms with Crippen LogP contribution in [0.15, 0.2) is 54.6 Å². The van der Waals surface area contributed by atoms with Gasteiger partial charge in [0.1, 0.15) is 6.54 Å². The van der Waals surface area contributed by atoms with Crippen LogP contribution in [0.4, 0.5) is 18.0 Å². The first-order valence-electron chi connectivity index (χ1n) is 7.82. The number of quaternary nitrogens is 1. The van der Waals surface area contributed by atoms with E-state index in [2.05, 4.69) is 5.32 Å². The number of hydrogen-bond acceptors (Lipinski definition) is 2. The number of amides is 3. The molecule has 138 valence electrons. The first kappa shape index (κ1) is 19.5. The Morgan fingerprint density at radius 1 is 1.08 bits per heavy atom. The third-order valence-corrected chi connectivity index (χ3v) is 3.90. The summed E-state index contributed by atoms with van der Waals surface area (Å²) in [6.45, 7) is 0.282. The number of carbonyl (C=O) groups is 2. The summed E-state index contributed by atoms with van der Waals surface area (Å²) in [5.74, 6) is -0.576. The number of hydrogen-bond donors (Lipinski definition) is 3. The molecule has 5 nitrogen and oxygen atoms in total. The monoisotopic (exact) mass is 366 g/mol. The minimum atomic E-state index is -4.40. The molecule has 2 rings (SSSR count). The molecule has 4 N–H and O–H groups in total. The van der Waals surface area contributed by atoms with Crippen LogP contribution in [0.3, 0.4) is 0 Å². The number of likely N-dealkylation sites (N-methyl/N-ethyl adjacent to an activating group) is 1. The van der Waals surface area contributed by atoms with Crippen molar-refractivity contribution in [2.75, 3.05) is 7.05 Å². The van der Waals surface area contributed by atoms with Crippen LogP contribution in [0.2, 0.25) is 0 Å². The van der Waals surface area contributed by atoms with Gasteiger partial charge in [-0.2, -0.15) is 13.2 Å². The van der Waals surface area contributed by atoms with Crippen LogP contribution in [-0.4, -0.2) is 19.0 Å². The van der Waals surface area contributed by atoms with E-state index in [0.29, 0.717) is 16.0 Å². The summed E-state index contributed by atoms with van der Waals surface area (Å²) in [4.78, 5) is 24.1. The molecule has 0 saturated carbocycles. The Morgan fingerprint density at radius 3 is 2.15 bits per heavy atom. The van der Waals surface area contributed by atoms with Crippen molar-refractivity contribution in [1.82, 2.24) is 5.32 Å². The predicted octanol–water partition coefficient (Wildman–Crippen LogP) is 1.66. The van der Waals surface area contributed by atoms with Crippen molar-refractivity contribution in [2.24, 2.45) is 5.73 Å². The van der Waals surface area contributed by atoms with Crippen LogP contribution >= 0.6 is 0 Å². The molecule has 0 heterocycles. The molecule has 0 aliphatic heterocycles. The molecular weight excluding hydrogens is 347 g/mol. The molecule has 2 aromatic carbocycles. The van der Waals surface area contributed by atoms with Crippen molar-refractivity contribution >= 4 is 11.9 Å². The van der Waals surface area contributed by atoms with E-state index in [9.17, 15) is 22.8 Å². The molecule has 2 aromatic rings. The largest absolute Gasteiger partial charge is 0.416 e. The maximum atomic E-state index is 12.7. The molecule has 0 fully saturated rings. The molecule has 1 unspecified atom stereocenters. The first-order chi connectivity index (χ1) is 12.2. The van der Waals surface area contributed by atoms with Gasteiger partial charge in [0.05, 0.1) is 12.6 Å². The zero-order valence-electron chi connectivity index (χ0n) is 14.0. The van der Waals surface area contributed by atoms with Crippen molar-refractivity contribution in [1.29, 1.82) is 0 Å². The predicted molar refractivity (Wildman–Crippen MR) is 88.9 cm³/mol. The van der Waals surface area contributed by atoms with Gasteiger partial charge in [0.15, 0.2) is 6.04 Å². The number of rotatable bonds is 5. The lowest BCUT2D eigenvalue weighted by molar-refractivity contribution is -0.916. The maximum Gasteiger partial charge on any atom is 0.416 e. The highest BCUT2D eigenvalue weighted by molar-refractivity contribution is 5.96. The average Bonchev–Trinajstić information content (AvgIpc) is 2.55. The van der Waals surface area contributed by atoms with Gasteiger partial charge in [-0.3, -0.25) is 10.1 Å². The van der Waals surface area contributed by atoms with Crippen molar-refractivity contribution in [3.8, 4) is 0 Å². The summed E-state index contributed by atoms with van der Waals surface area (Å²) in [6.07, 6.45) is -4.40. The summed E-state index contributed by atoms with van der Waals surface area (Å²) in [5, 5.41) is 2.07. The van der Waals surface area contributed by atoms with E-state index in [1.165, 1.54) is 12.1 Å². The van der Waals surface area contributed by atoms with Crippen LogP contribution in [0.1, 0.15) is 22.7 Å². The van der Waals surface area contributed by atoms with E-state index < -0.39 is 29.7 Å². The Labute approximate surface area is 148 Å².